The third-order valence-corrected chi connectivity index (χ3v) is 1.98. The molecular weight excluding hydrogens is 190 g/mol. The quantitative estimate of drug-likeness (QED) is 0.731. The van der Waals surface area contributed by atoms with Gasteiger partial charge in [0.05, 0.1) is 24.0 Å². The Kier molecular flexibility index (Phi) is 3.48. The molecule has 0 aliphatic heterocycles. The lowest BCUT2D eigenvalue weighted by atomic mass is 10.2. The smallest absolute Gasteiger partial charge is 0.130 e. The molecule has 76 valence electrons. The molecule has 0 bridgehead atoms. The largest absolute Gasteiger partial charge is 0.397 e. The van der Waals surface area contributed by atoms with Crippen LogP contribution in [0.4, 0.5) is 11.5 Å². The van der Waals surface area contributed by atoms with Gasteiger partial charge in [-0.3, -0.25) is 0 Å². The van der Waals surface area contributed by atoms with E-state index in [1.165, 1.54) is 6.20 Å². The van der Waals surface area contributed by atoms with E-state index in [9.17, 15) is 0 Å². The molecular formula is C10H11N5. The fraction of sp³-hybridized carbons (Fsp3) is 0.300. The summed E-state index contributed by atoms with van der Waals surface area (Å²) in [6.07, 6.45) is 1.53. The Morgan fingerprint density at radius 3 is 2.47 bits per heavy atom. The molecule has 0 saturated carbocycles. The Morgan fingerprint density at radius 2 is 2.00 bits per heavy atom. The minimum Gasteiger partial charge on any atom is -0.397 e. The molecule has 0 spiro atoms. The van der Waals surface area contributed by atoms with Gasteiger partial charge in [-0.2, -0.15) is 10.5 Å². The highest BCUT2D eigenvalue weighted by Gasteiger charge is 2.07. The van der Waals surface area contributed by atoms with Crippen molar-refractivity contribution >= 4 is 11.5 Å². The Hall–Kier alpha value is -2.27. The number of nitrogen functional groups attached to an aromatic ring is 1. The zero-order chi connectivity index (χ0) is 11.3. The van der Waals surface area contributed by atoms with Gasteiger partial charge in [-0.15, -0.1) is 0 Å². The highest BCUT2D eigenvalue weighted by molar-refractivity contribution is 5.52. The van der Waals surface area contributed by atoms with Gasteiger partial charge in [-0.25, -0.2) is 4.98 Å². The first-order valence-corrected chi connectivity index (χ1v) is 4.40. The van der Waals surface area contributed by atoms with Crippen LogP contribution in [0.1, 0.15) is 5.56 Å². The number of hydrogen-bond acceptors (Lipinski definition) is 5. The molecule has 1 aromatic rings. The van der Waals surface area contributed by atoms with Crippen molar-refractivity contribution in [1.29, 1.82) is 10.5 Å². The maximum atomic E-state index is 8.59. The molecule has 0 atom stereocenters. The van der Waals surface area contributed by atoms with Gasteiger partial charge in [0.1, 0.15) is 18.9 Å². The number of rotatable bonds is 3. The van der Waals surface area contributed by atoms with E-state index in [0.29, 0.717) is 11.5 Å². The number of aromatic nitrogens is 1. The molecule has 0 fully saturated rings. The van der Waals surface area contributed by atoms with Crippen LogP contribution in [-0.4, -0.2) is 18.1 Å². The van der Waals surface area contributed by atoms with E-state index in [2.05, 4.69) is 4.98 Å². The van der Waals surface area contributed by atoms with Crippen molar-refractivity contribution in [3.63, 3.8) is 0 Å². The van der Waals surface area contributed by atoms with E-state index in [4.69, 9.17) is 16.3 Å². The summed E-state index contributed by atoms with van der Waals surface area (Å²) in [5.41, 5.74) is 7.12. The molecule has 5 heteroatoms. The van der Waals surface area contributed by atoms with Gasteiger partial charge in [-0.1, -0.05) is 0 Å². The standard InChI is InChI=1S/C10H11N5/c1-8-6-10(14-7-9(8)13)15(4-2-11)5-3-12/h6-7H,4-5,13H2,1H3. The summed E-state index contributed by atoms with van der Waals surface area (Å²) in [6, 6.07) is 5.75. The number of pyridine rings is 1. The van der Waals surface area contributed by atoms with Crippen molar-refractivity contribution in [3.8, 4) is 12.1 Å². The molecule has 1 aromatic heterocycles. The van der Waals surface area contributed by atoms with E-state index < -0.39 is 0 Å². The molecule has 0 aromatic carbocycles. The first-order valence-electron chi connectivity index (χ1n) is 4.40. The van der Waals surface area contributed by atoms with Gasteiger partial charge in [0.2, 0.25) is 0 Å². The van der Waals surface area contributed by atoms with E-state index in [1.54, 1.807) is 11.0 Å². The second-order valence-corrected chi connectivity index (χ2v) is 3.07. The van der Waals surface area contributed by atoms with Crippen molar-refractivity contribution < 1.29 is 0 Å². The van der Waals surface area contributed by atoms with Crippen LogP contribution >= 0.6 is 0 Å². The zero-order valence-electron chi connectivity index (χ0n) is 8.44. The SMILES string of the molecule is Cc1cc(N(CC#N)CC#N)ncc1N. The van der Waals surface area contributed by atoms with Gasteiger partial charge < -0.3 is 10.6 Å². The summed E-state index contributed by atoms with van der Waals surface area (Å²) in [5, 5.41) is 17.2. The van der Waals surface area contributed by atoms with Crippen molar-refractivity contribution in [2.24, 2.45) is 0 Å². The lowest BCUT2D eigenvalue weighted by molar-refractivity contribution is 0.934. The number of nitriles is 2. The highest BCUT2D eigenvalue weighted by Crippen LogP contribution is 2.16. The van der Waals surface area contributed by atoms with Crippen LogP contribution < -0.4 is 10.6 Å². The zero-order valence-corrected chi connectivity index (χ0v) is 8.44. The van der Waals surface area contributed by atoms with Crippen LogP contribution in [0.2, 0.25) is 0 Å². The number of nitrogens with zero attached hydrogens (tertiary/aromatic N) is 4. The first kappa shape index (κ1) is 10.8. The third kappa shape index (κ3) is 2.58. The van der Waals surface area contributed by atoms with Crippen LogP contribution in [0.5, 0.6) is 0 Å². The molecule has 5 nitrogen and oxygen atoms in total. The predicted molar refractivity (Wildman–Crippen MR) is 56.8 cm³/mol. The van der Waals surface area contributed by atoms with Gasteiger partial charge >= 0.3 is 0 Å². The number of nitrogens with two attached hydrogens (primary N) is 1. The number of hydrogen-bond donors (Lipinski definition) is 1. The summed E-state index contributed by atoms with van der Waals surface area (Å²) in [6.45, 7) is 2.14. The van der Waals surface area contributed by atoms with Crippen LogP contribution in [-0.2, 0) is 0 Å². The van der Waals surface area contributed by atoms with Gasteiger partial charge in [0, 0.05) is 0 Å². The molecule has 15 heavy (non-hydrogen) atoms. The minimum absolute atomic E-state index is 0.143. The second kappa shape index (κ2) is 4.83. The lowest BCUT2D eigenvalue weighted by Gasteiger charge is -2.17. The van der Waals surface area contributed by atoms with E-state index >= 15 is 0 Å². The number of aryl methyl sites for hydroxylation is 1. The predicted octanol–water partition coefficient (Wildman–Crippen LogP) is 0.826. The van der Waals surface area contributed by atoms with Crippen LogP contribution in [0, 0.1) is 29.6 Å². The van der Waals surface area contributed by atoms with Gasteiger partial charge in [0.25, 0.3) is 0 Å². The molecule has 0 aliphatic rings. The Labute approximate surface area is 88.4 Å². The molecule has 1 rings (SSSR count). The molecule has 0 radical (unpaired) electrons. The summed E-state index contributed by atoms with van der Waals surface area (Å²) in [7, 11) is 0. The summed E-state index contributed by atoms with van der Waals surface area (Å²) < 4.78 is 0. The summed E-state index contributed by atoms with van der Waals surface area (Å²) in [4.78, 5) is 5.67. The molecule has 0 aliphatic carbocycles. The van der Waals surface area contributed by atoms with Crippen LogP contribution in [0.25, 0.3) is 0 Å². The van der Waals surface area contributed by atoms with Crippen molar-refractivity contribution in [1.82, 2.24) is 4.98 Å². The van der Waals surface area contributed by atoms with Gasteiger partial charge in [0.15, 0.2) is 0 Å². The molecule has 0 unspecified atom stereocenters. The van der Waals surface area contributed by atoms with E-state index in [0.717, 1.165) is 5.56 Å². The summed E-state index contributed by atoms with van der Waals surface area (Å²) >= 11 is 0. The molecule has 2 N–H and O–H groups in total. The second-order valence-electron chi connectivity index (χ2n) is 3.07. The Morgan fingerprint density at radius 1 is 1.40 bits per heavy atom. The average molecular weight is 201 g/mol. The Bertz CT molecular complexity index is 410. The highest BCUT2D eigenvalue weighted by atomic mass is 15.2. The van der Waals surface area contributed by atoms with Crippen molar-refractivity contribution in [3.05, 3.63) is 17.8 Å². The molecule has 0 amide bonds. The van der Waals surface area contributed by atoms with Crippen molar-refractivity contribution in [2.45, 2.75) is 6.92 Å². The van der Waals surface area contributed by atoms with Crippen LogP contribution in [0.15, 0.2) is 12.3 Å². The topological polar surface area (TPSA) is 89.7 Å². The average Bonchev–Trinajstić information content (AvgIpc) is 2.22. The first-order chi connectivity index (χ1) is 7.19. The minimum atomic E-state index is 0.143. The third-order valence-electron chi connectivity index (χ3n) is 1.98. The maximum absolute atomic E-state index is 8.59. The summed E-state index contributed by atoms with van der Waals surface area (Å²) in [5.74, 6) is 0.602. The fourth-order valence-corrected chi connectivity index (χ4v) is 1.11. The number of anilines is 2. The normalized spacial score (nSPS) is 9.00. The van der Waals surface area contributed by atoms with Gasteiger partial charge in [-0.05, 0) is 18.6 Å². The maximum Gasteiger partial charge on any atom is 0.130 e. The molecule has 1 heterocycles. The fourth-order valence-electron chi connectivity index (χ4n) is 1.11. The Balaban J connectivity index is 2.97. The van der Waals surface area contributed by atoms with E-state index in [1.807, 2.05) is 19.1 Å². The van der Waals surface area contributed by atoms with Crippen molar-refractivity contribution in [2.75, 3.05) is 23.7 Å². The monoisotopic (exact) mass is 201 g/mol. The van der Waals surface area contributed by atoms with E-state index in [-0.39, 0.29) is 13.1 Å². The lowest BCUT2D eigenvalue weighted by Crippen LogP contribution is -2.24. The molecule has 0 saturated heterocycles. The van der Waals surface area contributed by atoms with Crippen LogP contribution in [0.3, 0.4) is 0 Å².